The molecule has 1 aliphatic rings. The van der Waals surface area contributed by atoms with Crippen LogP contribution in [0.1, 0.15) is 26.7 Å². The minimum atomic E-state index is -0.286. The Balaban J connectivity index is 0.00000306. The van der Waals surface area contributed by atoms with Gasteiger partial charge in [0, 0.05) is 45.5 Å². The van der Waals surface area contributed by atoms with Gasteiger partial charge in [-0.15, -0.1) is 24.0 Å². The second-order valence-electron chi connectivity index (χ2n) is 7.29. The molecule has 2 amide bonds. The highest BCUT2D eigenvalue weighted by Gasteiger charge is 2.25. The summed E-state index contributed by atoms with van der Waals surface area (Å²) in [7, 11) is 1.75. The molecule has 0 atom stereocenters. The van der Waals surface area contributed by atoms with Crippen LogP contribution in [0.3, 0.4) is 0 Å². The third-order valence-electron chi connectivity index (χ3n) is 5.22. The summed E-state index contributed by atoms with van der Waals surface area (Å²) in [4.78, 5) is 32.8. The largest absolute Gasteiger partial charge is 0.459 e. The average molecular weight is 563 g/mol. The molecule has 1 aliphatic heterocycles. The highest BCUT2D eigenvalue weighted by Crippen LogP contribution is 2.13. The van der Waals surface area contributed by atoms with Gasteiger partial charge in [-0.25, -0.2) is 0 Å². The summed E-state index contributed by atoms with van der Waals surface area (Å²) in [6.07, 6.45) is 2.97. The number of furan rings is 2. The van der Waals surface area contributed by atoms with E-state index in [1.54, 1.807) is 36.2 Å². The number of guanidine groups is 1. The van der Waals surface area contributed by atoms with E-state index in [0.717, 1.165) is 11.5 Å². The molecule has 4 rings (SSSR count). The van der Waals surface area contributed by atoms with Crippen molar-refractivity contribution >= 4 is 47.4 Å². The van der Waals surface area contributed by atoms with Crippen LogP contribution in [0.25, 0.3) is 0 Å². The second-order valence-corrected chi connectivity index (χ2v) is 7.29. The lowest BCUT2D eigenvalue weighted by Crippen LogP contribution is -2.53. The predicted octanol–water partition coefficient (Wildman–Crippen LogP) is 3.28. The first-order chi connectivity index (χ1) is 15.6. The van der Waals surface area contributed by atoms with E-state index in [1.165, 1.54) is 12.5 Å². The molecule has 0 saturated carbocycles. The van der Waals surface area contributed by atoms with Crippen LogP contribution in [0.5, 0.6) is 0 Å². The number of anilines is 1. The summed E-state index contributed by atoms with van der Waals surface area (Å²) in [5.41, 5.74) is 1.74. The van der Waals surface area contributed by atoms with Crippen molar-refractivity contribution < 1.29 is 18.4 Å². The van der Waals surface area contributed by atoms with Crippen molar-refractivity contribution in [3.63, 3.8) is 0 Å². The highest BCUT2D eigenvalue weighted by molar-refractivity contribution is 14.0. The molecule has 10 heteroatoms. The summed E-state index contributed by atoms with van der Waals surface area (Å²) < 4.78 is 10.3. The summed E-state index contributed by atoms with van der Waals surface area (Å²) in [5.74, 6) is 1.04. The minimum absolute atomic E-state index is 0. The van der Waals surface area contributed by atoms with Crippen molar-refractivity contribution in [2.75, 3.05) is 38.5 Å². The summed E-state index contributed by atoms with van der Waals surface area (Å²) in [5, 5.41) is 6.16. The molecule has 33 heavy (non-hydrogen) atoms. The monoisotopic (exact) mass is 563 g/mol. The van der Waals surface area contributed by atoms with Gasteiger partial charge in [0.25, 0.3) is 11.8 Å². The zero-order valence-corrected chi connectivity index (χ0v) is 20.5. The van der Waals surface area contributed by atoms with Crippen LogP contribution in [0.15, 0.2) is 74.9 Å². The first-order valence-electron chi connectivity index (χ1n) is 10.4. The molecule has 1 fully saturated rings. The van der Waals surface area contributed by atoms with Crippen molar-refractivity contribution in [1.29, 1.82) is 0 Å². The molecule has 0 aliphatic carbocycles. The Morgan fingerprint density at radius 3 is 2.09 bits per heavy atom. The predicted molar refractivity (Wildman–Crippen MR) is 135 cm³/mol. The summed E-state index contributed by atoms with van der Waals surface area (Å²) in [6.45, 7) is 3.16. The van der Waals surface area contributed by atoms with Crippen molar-refractivity contribution in [2.45, 2.75) is 6.54 Å². The van der Waals surface area contributed by atoms with Gasteiger partial charge in [0.15, 0.2) is 17.5 Å². The topological polar surface area (TPSA) is 103 Å². The summed E-state index contributed by atoms with van der Waals surface area (Å²) >= 11 is 0. The molecule has 174 valence electrons. The smallest absolute Gasteiger partial charge is 0.291 e. The normalized spacial score (nSPS) is 13.9. The Labute approximate surface area is 208 Å². The van der Waals surface area contributed by atoms with Crippen LogP contribution in [-0.2, 0) is 6.54 Å². The zero-order valence-electron chi connectivity index (χ0n) is 18.2. The van der Waals surface area contributed by atoms with Gasteiger partial charge in [-0.3, -0.25) is 14.6 Å². The van der Waals surface area contributed by atoms with Crippen LogP contribution in [0.2, 0.25) is 0 Å². The molecule has 2 aromatic heterocycles. The molecule has 1 saturated heterocycles. The van der Waals surface area contributed by atoms with Crippen molar-refractivity contribution in [3.05, 3.63) is 78.1 Å². The molecule has 0 unspecified atom stereocenters. The van der Waals surface area contributed by atoms with Gasteiger partial charge < -0.3 is 29.3 Å². The van der Waals surface area contributed by atoms with Crippen LogP contribution in [0.4, 0.5) is 5.69 Å². The average Bonchev–Trinajstić information content (AvgIpc) is 3.55. The SMILES string of the molecule is CN=C(NCc1ccc(NC(=O)c2ccco2)cc1)N1CCN(C(=O)c2ccco2)CC1.I. The number of carbonyl (C=O) groups is 2. The lowest BCUT2D eigenvalue weighted by Gasteiger charge is -2.36. The first kappa shape index (κ1) is 24.4. The van der Waals surface area contributed by atoms with E-state index >= 15 is 0 Å². The third-order valence-corrected chi connectivity index (χ3v) is 5.22. The number of hydrogen-bond acceptors (Lipinski definition) is 5. The fraction of sp³-hybridized carbons (Fsp3) is 0.261. The van der Waals surface area contributed by atoms with Crippen LogP contribution in [0, 0.1) is 0 Å². The molecule has 2 N–H and O–H groups in total. The Hall–Kier alpha value is -3.28. The molecular formula is C23H26IN5O4. The minimum Gasteiger partial charge on any atom is -0.459 e. The maximum Gasteiger partial charge on any atom is 0.291 e. The van der Waals surface area contributed by atoms with E-state index in [4.69, 9.17) is 8.83 Å². The Morgan fingerprint density at radius 1 is 0.909 bits per heavy atom. The van der Waals surface area contributed by atoms with Crippen molar-refractivity contribution in [1.82, 2.24) is 15.1 Å². The number of carbonyl (C=O) groups excluding carboxylic acids is 2. The quantitative estimate of drug-likeness (QED) is 0.281. The summed E-state index contributed by atoms with van der Waals surface area (Å²) in [6, 6.07) is 14.3. The highest BCUT2D eigenvalue weighted by atomic mass is 127. The number of aliphatic imine (C=N–C) groups is 1. The third kappa shape index (κ3) is 6.15. The number of amides is 2. The molecule has 0 radical (unpaired) electrons. The molecule has 3 aromatic rings. The Kier molecular flexibility index (Phi) is 8.52. The lowest BCUT2D eigenvalue weighted by molar-refractivity contribution is 0.0657. The first-order valence-corrected chi connectivity index (χ1v) is 10.4. The number of nitrogens with one attached hydrogen (secondary N) is 2. The van der Waals surface area contributed by atoms with Gasteiger partial charge >= 0.3 is 0 Å². The fourth-order valence-electron chi connectivity index (χ4n) is 3.50. The van der Waals surface area contributed by atoms with E-state index in [0.29, 0.717) is 44.2 Å². The van der Waals surface area contributed by atoms with Gasteiger partial charge in [-0.1, -0.05) is 12.1 Å². The van der Waals surface area contributed by atoms with Gasteiger partial charge in [-0.05, 0) is 42.0 Å². The standard InChI is InChI=1S/C23H25N5O4.HI/c1-24-23(28-12-10-27(11-13-28)22(30)20-5-3-15-32-20)25-16-17-6-8-18(9-7-17)26-21(29)19-4-2-14-31-19;/h2-9,14-15H,10-13,16H2,1H3,(H,24,25)(H,26,29);1H. The van der Waals surface area contributed by atoms with E-state index in [-0.39, 0.29) is 41.6 Å². The zero-order chi connectivity index (χ0) is 22.3. The van der Waals surface area contributed by atoms with E-state index in [1.807, 2.05) is 24.3 Å². The Bertz CT molecular complexity index is 1060. The van der Waals surface area contributed by atoms with Crippen molar-refractivity contribution in [3.8, 4) is 0 Å². The fourth-order valence-corrected chi connectivity index (χ4v) is 3.50. The second kappa shape index (κ2) is 11.5. The maximum atomic E-state index is 12.4. The molecule has 1 aromatic carbocycles. The van der Waals surface area contributed by atoms with Gasteiger partial charge in [0.1, 0.15) is 0 Å². The molecule has 0 spiro atoms. The van der Waals surface area contributed by atoms with Crippen LogP contribution >= 0.6 is 24.0 Å². The van der Waals surface area contributed by atoms with Crippen LogP contribution < -0.4 is 10.6 Å². The van der Waals surface area contributed by atoms with Crippen molar-refractivity contribution in [2.24, 2.45) is 4.99 Å². The maximum absolute atomic E-state index is 12.4. The van der Waals surface area contributed by atoms with Gasteiger partial charge in [0.05, 0.1) is 12.5 Å². The number of nitrogens with zero attached hydrogens (tertiary/aromatic N) is 3. The Morgan fingerprint density at radius 2 is 1.52 bits per heavy atom. The molecule has 3 heterocycles. The van der Waals surface area contributed by atoms with E-state index in [2.05, 4.69) is 20.5 Å². The van der Waals surface area contributed by atoms with Crippen LogP contribution in [-0.4, -0.2) is 60.8 Å². The number of halogens is 1. The number of benzene rings is 1. The molecule has 0 bridgehead atoms. The van der Waals surface area contributed by atoms with Gasteiger partial charge in [-0.2, -0.15) is 0 Å². The van der Waals surface area contributed by atoms with E-state index < -0.39 is 0 Å². The number of hydrogen-bond donors (Lipinski definition) is 2. The van der Waals surface area contributed by atoms with E-state index in [9.17, 15) is 9.59 Å². The number of rotatable bonds is 5. The lowest BCUT2D eigenvalue weighted by atomic mass is 10.2. The van der Waals surface area contributed by atoms with Gasteiger partial charge in [0.2, 0.25) is 0 Å². The molecule has 9 nitrogen and oxygen atoms in total. The molecular weight excluding hydrogens is 537 g/mol. The number of piperazine rings is 1.